The van der Waals surface area contributed by atoms with Crippen molar-refractivity contribution in [3.63, 3.8) is 0 Å². The van der Waals surface area contributed by atoms with Crippen molar-refractivity contribution in [2.45, 2.75) is 0 Å². The second-order valence-electron chi connectivity index (χ2n) is 6.11. The molecule has 0 aromatic heterocycles. The fraction of sp³-hybridized carbons (Fsp3) is 0.263. The first-order valence-electron chi connectivity index (χ1n) is 8.49. The molecule has 1 heterocycles. The number of rotatable bonds is 4. The zero-order valence-electron chi connectivity index (χ0n) is 14.3. The van der Waals surface area contributed by atoms with E-state index in [0.717, 1.165) is 18.8 Å². The minimum Gasteiger partial charge on any atom is -0.369 e. The first-order chi connectivity index (χ1) is 12.6. The summed E-state index contributed by atoms with van der Waals surface area (Å²) in [6.45, 7) is 3.06. The van der Waals surface area contributed by atoms with Gasteiger partial charge in [0.05, 0.1) is 6.54 Å². The maximum Gasteiger partial charge on any atom is 0.325 e. The summed E-state index contributed by atoms with van der Waals surface area (Å²) in [7, 11) is 0. The third-order valence-electron chi connectivity index (χ3n) is 4.22. The Bertz CT molecular complexity index is 744. The number of urea groups is 1. The average Bonchev–Trinajstić information content (AvgIpc) is 2.64. The van der Waals surface area contributed by atoms with Crippen LogP contribution in [-0.4, -0.2) is 49.6 Å². The van der Waals surface area contributed by atoms with Gasteiger partial charge in [0, 0.05) is 37.6 Å². The van der Waals surface area contributed by atoms with Gasteiger partial charge >= 0.3 is 6.03 Å². The van der Waals surface area contributed by atoms with Gasteiger partial charge < -0.3 is 10.2 Å². The van der Waals surface area contributed by atoms with E-state index in [1.165, 1.54) is 12.1 Å². The Labute approximate surface area is 151 Å². The molecule has 2 aromatic carbocycles. The van der Waals surface area contributed by atoms with Crippen LogP contribution in [0, 0.1) is 5.82 Å². The lowest BCUT2D eigenvalue weighted by Gasteiger charge is -2.35. The molecule has 2 N–H and O–H groups in total. The standard InChI is InChI=1S/C19H21FN4O2/c20-15-6-8-17(9-7-15)24-12-10-23(11-13-24)14-18(25)22-19(26)21-16-4-2-1-3-5-16/h1-9H,10-14H2,(H2,21,22,25,26). The predicted molar refractivity (Wildman–Crippen MR) is 98.7 cm³/mol. The van der Waals surface area contributed by atoms with Gasteiger partial charge in [0.1, 0.15) is 5.82 Å². The molecule has 1 fully saturated rings. The summed E-state index contributed by atoms with van der Waals surface area (Å²) in [4.78, 5) is 28.0. The number of hydrogen-bond acceptors (Lipinski definition) is 4. The quantitative estimate of drug-likeness (QED) is 0.882. The van der Waals surface area contributed by atoms with Crippen LogP contribution in [0.1, 0.15) is 0 Å². The van der Waals surface area contributed by atoms with Gasteiger partial charge in [-0.1, -0.05) is 18.2 Å². The molecule has 3 amide bonds. The molecule has 3 rings (SSSR count). The first-order valence-corrected chi connectivity index (χ1v) is 8.49. The van der Waals surface area contributed by atoms with Gasteiger partial charge in [-0.15, -0.1) is 0 Å². The van der Waals surface area contributed by atoms with Crippen LogP contribution in [0.3, 0.4) is 0 Å². The molecule has 136 valence electrons. The van der Waals surface area contributed by atoms with E-state index in [2.05, 4.69) is 15.5 Å². The summed E-state index contributed by atoms with van der Waals surface area (Å²) in [5, 5.41) is 4.95. The second-order valence-corrected chi connectivity index (χ2v) is 6.11. The molecule has 0 radical (unpaired) electrons. The van der Waals surface area contributed by atoms with Crippen molar-refractivity contribution in [2.75, 3.05) is 42.9 Å². The van der Waals surface area contributed by atoms with Crippen LogP contribution >= 0.6 is 0 Å². The molecule has 0 spiro atoms. The van der Waals surface area contributed by atoms with Crippen LogP contribution in [-0.2, 0) is 4.79 Å². The van der Waals surface area contributed by atoms with Gasteiger partial charge in [-0.25, -0.2) is 9.18 Å². The number of imide groups is 1. The number of nitrogens with one attached hydrogen (secondary N) is 2. The molecular formula is C19H21FN4O2. The third-order valence-corrected chi connectivity index (χ3v) is 4.22. The minimum atomic E-state index is -0.536. The van der Waals surface area contributed by atoms with Gasteiger partial charge in [0.25, 0.3) is 0 Å². The Kier molecular flexibility index (Phi) is 5.80. The van der Waals surface area contributed by atoms with Gasteiger partial charge in [-0.2, -0.15) is 0 Å². The number of para-hydroxylation sites is 1. The zero-order valence-corrected chi connectivity index (χ0v) is 14.3. The van der Waals surface area contributed by atoms with E-state index in [-0.39, 0.29) is 18.3 Å². The largest absolute Gasteiger partial charge is 0.369 e. The number of carbonyl (C=O) groups excluding carboxylic acids is 2. The topological polar surface area (TPSA) is 64.7 Å². The molecule has 0 saturated carbocycles. The van der Waals surface area contributed by atoms with Crippen molar-refractivity contribution in [3.8, 4) is 0 Å². The number of benzene rings is 2. The van der Waals surface area contributed by atoms with Gasteiger partial charge in [-0.3, -0.25) is 15.0 Å². The molecule has 1 saturated heterocycles. The molecule has 1 aliphatic heterocycles. The van der Waals surface area contributed by atoms with Crippen molar-refractivity contribution < 1.29 is 14.0 Å². The molecule has 0 atom stereocenters. The van der Waals surface area contributed by atoms with Gasteiger partial charge in [0.15, 0.2) is 0 Å². The summed E-state index contributed by atoms with van der Waals surface area (Å²) in [6.07, 6.45) is 0. The highest BCUT2D eigenvalue weighted by molar-refractivity contribution is 6.01. The summed E-state index contributed by atoms with van der Waals surface area (Å²) >= 11 is 0. The monoisotopic (exact) mass is 356 g/mol. The van der Waals surface area contributed by atoms with Crippen molar-refractivity contribution in [1.29, 1.82) is 0 Å². The molecule has 0 unspecified atom stereocenters. The van der Waals surface area contributed by atoms with E-state index in [0.29, 0.717) is 18.8 Å². The fourth-order valence-corrected chi connectivity index (χ4v) is 2.87. The number of amides is 3. The maximum atomic E-state index is 13.0. The lowest BCUT2D eigenvalue weighted by molar-refractivity contribution is -0.121. The van der Waals surface area contributed by atoms with Gasteiger partial charge in [-0.05, 0) is 36.4 Å². The fourth-order valence-electron chi connectivity index (χ4n) is 2.87. The van der Waals surface area contributed by atoms with Gasteiger partial charge in [0.2, 0.25) is 5.91 Å². The number of carbonyl (C=O) groups is 2. The SMILES string of the molecule is O=C(CN1CCN(c2ccc(F)cc2)CC1)NC(=O)Nc1ccccc1. The zero-order chi connectivity index (χ0) is 18.4. The van der Waals surface area contributed by atoms with E-state index >= 15 is 0 Å². The maximum absolute atomic E-state index is 13.0. The van der Waals surface area contributed by atoms with Crippen LogP contribution in [0.4, 0.5) is 20.6 Å². The molecule has 7 heteroatoms. The first kappa shape index (κ1) is 17.9. The van der Waals surface area contributed by atoms with Crippen LogP contribution in [0.2, 0.25) is 0 Å². The van der Waals surface area contributed by atoms with Crippen LogP contribution in [0.5, 0.6) is 0 Å². The Morgan fingerprint density at radius 3 is 2.23 bits per heavy atom. The third kappa shape index (κ3) is 5.03. The molecule has 0 bridgehead atoms. The molecule has 0 aliphatic carbocycles. The Hall–Kier alpha value is -2.93. The van der Waals surface area contributed by atoms with E-state index < -0.39 is 6.03 Å². The molecule has 1 aliphatic rings. The molecule has 2 aromatic rings. The van der Waals surface area contributed by atoms with Crippen molar-refractivity contribution in [2.24, 2.45) is 0 Å². The number of nitrogens with zero attached hydrogens (tertiary/aromatic N) is 2. The molecular weight excluding hydrogens is 335 g/mol. The van der Waals surface area contributed by atoms with Crippen molar-refractivity contribution >= 4 is 23.3 Å². The number of anilines is 2. The Morgan fingerprint density at radius 2 is 1.58 bits per heavy atom. The minimum absolute atomic E-state index is 0.166. The summed E-state index contributed by atoms with van der Waals surface area (Å²) in [5.74, 6) is -0.591. The average molecular weight is 356 g/mol. The van der Waals surface area contributed by atoms with E-state index in [4.69, 9.17) is 0 Å². The molecule has 26 heavy (non-hydrogen) atoms. The van der Waals surface area contributed by atoms with Crippen LogP contribution in [0.25, 0.3) is 0 Å². The number of halogens is 1. The summed E-state index contributed by atoms with van der Waals surface area (Å²) in [6, 6.07) is 14.8. The van der Waals surface area contributed by atoms with Crippen LogP contribution < -0.4 is 15.5 Å². The Morgan fingerprint density at radius 1 is 0.923 bits per heavy atom. The second kappa shape index (κ2) is 8.44. The predicted octanol–water partition coefficient (Wildman–Crippen LogP) is 2.30. The van der Waals surface area contributed by atoms with Crippen LogP contribution in [0.15, 0.2) is 54.6 Å². The normalized spacial score (nSPS) is 14.7. The highest BCUT2D eigenvalue weighted by Gasteiger charge is 2.20. The van der Waals surface area contributed by atoms with Crippen molar-refractivity contribution in [3.05, 3.63) is 60.4 Å². The lowest BCUT2D eigenvalue weighted by Crippen LogP contribution is -2.50. The van der Waals surface area contributed by atoms with E-state index in [1.54, 1.807) is 36.4 Å². The Balaban J connectivity index is 1.41. The highest BCUT2D eigenvalue weighted by Crippen LogP contribution is 2.16. The smallest absolute Gasteiger partial charge is 0.325 e. The number of hydrogen-bond donors (Lipinski definition) is 2. The highest BCUT2D eigenvalue weighted by atomic mass is 19.1. The summed E-state index contributed by atoms with van der Waals surface area (Å²) in [5.41, 5.74) is 1.60. The van der Waals surface area contributed by atoms with E-state index in [9.17, 15) is 14.0 Å². The summed E-state index contributed by atoms with van der Waals surface area (Å²) < 4.78 is 13.0. The van der Waals surface area contributed by atoms with Crippen molar-refractivity contribution in [1.82, 2.24) is 10.2 Å². The molecule has 6 nitrogen and oxygen atoms in total. The van der Waals surface area contributed by atoms with E-state index in [1.807, 2.05) is 11.0 Å². The number of piperazine rings is 1. The lowest BCUT2D eigenvalue weighted by atomic mass is 10.2.